The molecule has 0 amide bonds. The van der Waals surface area contributed by atoms with Gasteiger partial charge in [0.25, 0.3) is 0 Å². The maximum Gasteiger partial charge on any atom is 0.149 e. The molecule has 0 aliphatic carbocycles. The molecule has 0 aliphatic heterocycles. The molecule has 0 saturated carbocycles. The number of nitriles is 1. The average molecular weight is 308 g/mol. The highest BCUT2D eigenvalue weighted by Crippen LogP contribution is 2.22. The minimum atomic E-state index is 0.494. The van der Waals surface area contributed by atoms with Crippen LogP contribution in [-0.4, -0.2) is 9.97 Å². The van der Waals surface area contributed by atoms with Gasteiger partial charge in [0.1, 0.15) is 11.9 Å². The highest BCUT2D eigenvalue weighted by atomic mass is 35.5. The van der Waals surface area contributed by atoms with Gasteiger partial charge in [-0.2, -0.15) is 5.26 Å². The molecule has 0 fully saturated rings. The lowest BCUT2D eigenvalue weighted by Gasteiger charge is -1.97. The fourth-order valence-electron chi connectivity index (χ4n) is 2.28. The molecular formula is C18H14ClN3. The predicted molar refractivity (Wildman–Crippen MR) is 90.5 cm³/mol. The summed E-state index contributed by atoms with van der Waals surface area (Å²) in [6.45, 7) is 4.11. The van der Waals surface area contributed by atoms with Crippen LogP contribution in [0.25, 0.3) is 22.7 Å². The van der Waals surface area contributed by atoms with E-state index in [1.807, 2.05) is 18.2 Å². The summed E-state index contributed by atoms with van der Waals surface area (Å²) in [5.41, 5.74) is 5.60. The summed E-state index contributed by atoms with van der Waals surface area (Å²) in [5.74, 6) is 0.581. The molecule has 3 aromatic rings. The molecule has 0 aliphatic rings. The van der Waals surface area contributed by atoms with Crippen molar-refractivity contribution < 1.29 is 0 Å². The number of hydrogen-bond donors (Lipinski definition) is 1. The molecule has 22 heavy (non-hydrogen) atoms. The summed E-state index contributed by atoms with van der Waals surface area (Å²) in [7, 11) is 0. The molecule has 1 heterocycles. The van der Waals surface area contributed by atoms with E-state index >= 15 is 0 Å². The second-order valence-electron chi connectivity index (χ2n) is 5.26. The standard InChI is InChI=1S/C18H14ClN3/c1-11-7-16-17(8-12(11)2)22-18(21-16)14(10-20)9-13-3-5-15(19)6-4-13/h3-9H,1-2H3,(H,21,22)/b14-9+. The maximum atomic E-state index is 9.43. The molecule has 0 spiro atoms. The zero-order chi connectivity index (χ0) is 15.7. The minimum Gasteiger partial charge on any atom is -0.337 e. The third-order valence-corrected chi connectivity index (χ3v) is 3.91. The van der Waals surface area contributed by atoms with Gasteiger partial charge in [0.05, 0.1) is 16.6 Å². The number of H-pyrrole nitrogens is 1. The van der Waals surface area contributed by atoms with E-state index in [0.29, 0.717) is 16.4 Å². The van der Waals surface area contributed by atoms with Gasteiger partial charge in [-0.15, -0.1) is 0 Å². The molecule has 3 nitrogen and oxygen atoms in total. The van der Waals surface area contributed by atoms with Gasteiger partial charge in [-0.25, -0.2) is 4.98 Å². The van der Waals surface area contributed by atoms with Gasteiger partial charge in [-0.3, -0.25) is 0 Å². The lowest BCUT2D eigenvalue weighted by molar-refractivity contribution is 1.27. The summed E-state index contributed by atoms with van der Waals surface area (Å²) in [4.78, 5) is 7.75. The minimum absolute atomic E-state index is 0.494. The predicted octanol–water partition coefficient (Wildman–Crippen LogP) is 4.90. The number of halogens is 1. The first kappa shape index (κ1) is 14.4. The lowest BCUT2D eigenvalue weighted by atomic mass is 10.1. The van der Waals surface area contributed by atoms with Crippen LogP contribution in [0.5, 0.6) is 0 Å². The number of aryl methyl sites for hydroxylation is 2. The zero-order valence-electron chi connectivity index (χ0n) is 12.3. The van der Waals surface area contributed by atoms with Gasteiger partial charge >= 0.3 is 0 Å². The summed E-state index contributed by atoms with van der Waals surface area (Å²) in [6, 6.07) is 13.6. The van der Waals surface area contributed by atoms with Crippen LogP contribution in [0.4, 0.5) is 0 Å². The summed E-state index contributed by atoms with van der Waals surface area (Å²) < 4.78 is 0. The van der Waals surface area contributed by atoms with Crippen LogP contribution in [0.2, 0.25) is 5.02 Å². The number of aromatic nitrogens is 2. The van der Waals surface area contributed by atoms with Crippen molar-refractivity contribution in [2.75, 3.05) is 0 Å². The maximum absolute atomic E-state index is 9.43. The number of rotatable bonds is 2. The molecule has 1 N–H and O–H groups in total. The number of fused-ring (bicyclic) bond motifs is 1. The Morgan fingerprint density at radius 3 is 2.55 bits per heavy atom. The van der Waals surface area contributed by atoms with E-state index < -0.39 is 0 Å². The van der Waals surface area contributed by atoms with Crippen molar-refractivity contribution in [1.29, 1.82) is 5.26 Å². The van der Waals surface area contributed by atoms with Crippen LogP contribution in [-0.2, 0) is 0 Å². The summed E-state index contributed by atoms with van der Waals surface area (Å²) >= 11 is 5.88. The third kappa shape index (κ3) is 2.74. The molecule has 108 valence electrons. The first-order chi connectivity index (χ1) is 10.6. The van der Waals surface area contributed by atoms with Crippen molar-refractivity contribution in [2.24, 2.45) is 0 Å². The van der Waals surface area contributed by atoms with E-state index in [2.05, 4.69) is 36.0 Å². The Morgan fingerprint density at radius 2 is 1.86 bits per heavy atom. The van der Waals surface area contributed by atoms with E-state index in [1.54, 1.807) is 18.2 Å². The molecule has 0 unspecified atom stereocenters. The number of nitrogens with one attached hydrogen (secondary N) is 1. The Labute approximate surface area is 133 Å². The van der Waals surface area contributed by atoms with Gasteiger partial charge in [-0.05, 0) is 60.9 Å². The second-order valence-corrected chi connectivity index (χ2v) is 5.70. The quantitative estimate of drug-likeness (QED) is 0.685. The van der Waals surface area contributed by atoms with Crippen LogP contribution in [0.1, 0.15) is 22.5 Å². The fourth-order valence-corrected chi connectivity index (χ4v) is 2.40. The van der Waals surface area contributed by atoms with Crippen molar-refractivity contribution in [3.05, 3.63) is 63.9 Å². The first-order valence-corrected chi connectivity index (χ1v) is 7.29. The Bertz CT molecular complexity index is 873. The largest absolute Gasteiger partial charge is 0.337 e. The molecule has 0 atom stereocenters. The number of allylic oxidation sites excluding steroid dienone is 1. The lowest BCUT2D eigenvalue weighted by Crippen LogP contribution is -1.84. The topological polar surface area (TPSA) is 52.5 Å². The first-order valence-electron chi connectivity index (χ1n) is 6.91. The number of nitrogens with zero attached hydrogens (tertiary/aromatic N) is 2. The Balaban J connectivity index is 2.07. The number of benzene rings is 2. The summed E-state index contributed by atoms with van der Waals surface area (Å²) in [5, 5.41) is 10.1. The van der Waals surface area contributed by atoms with Crippen LogP contribution < -0.4 is 0 Å². The normalized spacial score (nSPS) is 11.6. The van der Waals surface area contributed by atoms with E-state index in [1.165, 1.54) is 11.1 Å². The molecule has 0 radical (unpaired) electrons. The van der Waals surface area contributed by atoms with Crippen molar-refractivity contribution >= 4 is 34.3 Å². The van der Waals surface area contributed by atoms with E-state index in [-0.39, 0.29) is 0 Å². The van der Waals surface area contributed by atoms with E-state index in [9.17, 15) is 5.26 Å². The Morgan fingerprint density at radius 1 is 1.18 bits per heavy atom. The molecule has 0 saturated heterocycles. The Hall–Kier alpha value is -2.57. The molecule has 4 heteroatoms. The van der Waals surface area contributed by atoms with Crippen molar-refractivity contribution in [1.82, 2.24) is 9.97 Å². The van der Waals surface area contributed by atoms with Gasteiger partial charge < -0.3 is 4.98 Å². The second kappa shape index (κ2) is 5.67. The average Bonchev–Trinajstić information content (AvgIpc) is 2.89. The molecular weight excluding hydrogens is 294 g/mol. The van der Waals surface area contributed by atoms with E-state index in [0.717, 1.165) is 16.6 Å². The number of hydrogen-bond acceptors (Lipinski definition) is 2. The number of aromatic amines is 1. The zero-order valence-corrected chi connectivity index (χ0v) is 13.1. The van der Waals surface area contributed by atoms with Crippen LogP contribution >= 0.6 is 11.6 Å². The van der Waals surface area contributed by atoms with Crippen LogP contribution in [0, 0.1) is 25.2 Å². The van der Waals surface area contributed by atoms with Crippen LogP contribution in [0.15, 0.2) is 36.4 Å². The fraction of sp³-hybridized carbons (Fsp3) is 0.111. The van der Waals surface area contributed by atoms with Crippen LogP contribution in [0.3, 0.4) is 0 Å². The van der Waals surface area contributed by atoms with Crippen molar-refractivity contribution in [2.45, 2.75) is 13.8 Å². The molecule has 1 aromatic heterocycles. The smallest absolute Gasteiger partial charge is 0.149 e. The highest BCUT2D eigenvalue weighted by molar-refractivity contribution is 6.30. The van der Waals surface area contributed by atoms with Gasteiger partial charge in [-0.1, -0.05) is 23.7 Å². The monoisotopic (exact) mass is 307 g/mol. The molecule has 2 aromatic carbocycles. The Kier molecular flexibility index (Phi) is 3.70. The van der Waals surface area contributed by atoms with Crippen molar-refractivity contribution in [3.8, 4) is 6.07 Å². The number of imidazole rings is 1. The van der Waals surface area contributed by atoms with Gasteiger partial charge in [0.2, 0.25) is 0 Å². The third-order valence-electron chi connectivity index (χ3n) is 3.65. The van der Waals surface area contributed by atoms with E-state index in [4.69, 9.17) is 11.6 Å². The summed E-state index contributed by atoms with van der Waals surface area (Å²) in [6.07, 6.45) is 1.80. The van der Waals surface area contributed by atoms with Crippen molar-refractivity contribution in [3.63, 3.8) is 0 Å². The molecule has 3 rings (SSSR count). The molecule has 0 bridgehead atoms. The van der Waals surface area contributed by atoms with Gasteiger partial charge in [0, 0.05) is 5.02 Å². The SMILES string of the molecule is Cc1cc2nc(/C(C#N)=C/c3ccc(Cl)cc3)[nH]c2cc1C. The highest BCUT2D eigenvalue weighted by Gasteiger charge is 2.09. The van der Waals surface area contributed by atoms with Gasteiger partial charge in [0.15, 0.2) is 0 Å².